The number of amides is 2. The smallest absolute Gasteiger partial charge is 0.389 e. The molecular weight excluding hydrogens is 583 g/mol. The molecule has 4 aliphatic rings. The van der Waals surface area contributed by atoms with Crippen LogP contribution in [0.4, 0.5) is 18.9 Å². The van der Waals surface area contributed by atoms with E-state index in [0.29, 0.717) is 42.3 Å². The number of alkyl halides is 3. The van der Waals surface area contributed by atoms with Crippen molar-refractivity contribution in [2.24, 2.45) is 11.1 Å². The number of rotatable bonds is 9. The van der Waals surface area contributed by atoms with Crippen molar-refractivity contribution in [2.45, 2.75) is 75.7 Å². The molecule has 0 aliphatic carbocycles. The molecule has 5 rings (SSSR count). The van der Waals surface area contributed by atoms with Crippen molar-refractivity contribution in [3.05, 3.63) is 28.3 Å². The van der Waals surface area contributed by atoms with Gasteiger partial charge in [-0.1, -0.05) is 16.8 Å². The van der Waals surface area contributed by atoms with Gasteiger partial charge in [0.15, 0.2) is 5.71 Å². The highest BCUT2D eigenvalue weighted by atomic mass is 35.5. The highest BCUT2D eigenvalue weighted by molar-refractivity contribution is 7.82. The van der Waals surface area contributed by atoms with Gasteiger partial charge in [-0.25, -0.2) is 8.51 Å². The Morgan fingerprint density at radius 2 is 1.88 bits per heavy atom. The van der Waals surface area contributed by atoms with E-state index < -0.39 is 29.5 Å². The standard InChI is InChI=1S/C27H35ClF3N5O4S/c1-40-34-24-21-13-20(22(28)14-23(21)33-26(24)38)25(37)32-17-11-18-3-4-19(12-17)36(18)41(39)15-16-5-9-35(10-6-16)8-2-7-27(29,30)31/h13-14,16-19H,2-12,15H2,1H3,(H,32,37)(H,33,34,38). The second-order valence-corrected chi connectivity index (χ2v) is 13.1. The Hall–Kier alpha value is -2.22. The largest absolute Gasteiger partial charge is 0.398 e. The molecule has 1 aromatic carbocycles. The lowest BCUT2D eigenvalue weighted by atomic mass is 9.98. The fraction of sp³-hybridized carbons (Fsp3) is 0.667. The predicted molar refractivity (Wildman–Crippen MR) is 150 cm³/mol. The maximum absolute atomic E-state index is 13.4. The molecule has 4 aliphatic heterocycles. The summed E-state index contributed by atoms with van der Waals surface area (Å²) in [5.74, 6) is 0.0960. The molecule has 9 nitrogen and oxygen atoms in total. The number of benzene rings is 1. The van der Waals surface area contributed by atoms with Gasteiger partial charge in [-0.3, -0.25) is 9.59 Å². The molecule has 2 bridgehead atoms. The number of nitrogens with zero attached hydrogens (tertiary/aromatic N) is 3. The summed E-state index contributed by atoms with van der Waals surface area (Å²) >= 11 is 6.39. The van der Waals surface area contributed by atoms with E-state index in [9.17, 15) is 27.0 Å². The molecule has 3 atom stereocenters. The number of carbonyl (C=O) groups excluding carboxylic acids is 2. The molecule has 0 radical (unpaired) electrons. The maximum atomic E-state index is 13.4. The van der Waals surface area contributed by atoms with Crippen molar-refractivity contribution in [2.75, 3.05) is 37.8 Å². The average molecular weight is 618 g/mol. The van der Waals surface area contributed by atoms with Crippen LogP contribution in [0.5, 0.6) is 0 Å². The van der Waals surface area contributed by atoms with Crippen molar-refractivity contribution in [3.63, 3.8) is 0 Å². The number of halogens is 4. The molecule has 0 spiro atoms. The molecule has 226 valence electrons. The summed E-state index contributed by atoms with van der Waals surface area (Å²) in [5.41, 5.74) is 1.24. The van der Waals surface area contributed by atoms with Gasteiger partial charge in [0.2, 0.25) is 0 Å². The zero-order valence-corrected chi connectivity index (χ0v) is 24.4. The minimum atomic E-state index is -4.11. The highest BCUT2D eigenvalue weighted by Gasteiger charge is 2.44. The van der Waals surface area contributed by atoms with Gasteiger partial charge in [0.1, 0.15) is 7.11 Å². The van der Waals surface area contributed by atoms with E-state index in [2.05, 4.69) is 25.0 Å². The van der Waals surface area contributed by atoms with E-state index in [1.165, 1.54) is 13.2 Å². The van der Waals surface area contributed by atoms with Gasteiger partial charge < -0.3 is 20.4 Å². The van der Waals surface area contributed by atoms with Crippen LogP contribution in [0.15, 0.2) is 17.3 Å². The van der Waals surface area contributed by atoms with Crippen LogP contribution >= 0.6 is 11.6 Å². The first-order chi connectivity index (χ1) is 19.5. The van der Waals surface area contributed by atoms with Crippen LogP contribution in [0.3, 0.4) is 0 Å². The molecule has 3 unspecified atom stereocenters. The first-order valence-electron chi connectivity index (χ1n) is 14.1. The molecule has 41 heavy (non-hydrogen) atoms. The first kappa shape index (κ1) is 30.2. The van der Waals surface area contributed by atoms with E-state index in [1.807, 2.05) is 0 Å². The van der Waals surface area contributed by atoms with Gasteiger partial charge >= 0.3 is 6.18 Å². The Balaban J connectivity index is 1.12. The molecular formula is C27H35ClF3N5O4S. The Labute approximate surface area is 244 Å². The summed E-state index contributed by atoms with van der Waals surface area (Å²) in [6.45, 7) is 1.94. The molecule has 0 saturated carbocycles. The molecule has 14 heteroatoms. The lowest BCUT2D eigenvalue weighted by Gasteiger charge is -2.39. The van der Waals surface area contributed by atoms with E-state index >= 15 is 0 Å². The second kappa shape index (κ2) is 12.6. The minimum Gasteiger partial charge on any atom is -0.398 e. The van der Waals surface area contributed by atoms with Gasteiger partial charge in [-0.05, 0) is 82.6 Å². The zero-order valence-electron chi connectivity index (χ0n) is 22.8. The van der Waals surface area contributed by atoms with E-state index in [4.69, 9.17) is 16.4 Å². The SMILES string of the molecule is CO/N=C1\C(=O)Nc2cc(Cl)c(C(=O)NC3CC4CCC(C3)N4S(=O)CC3CCN(CCCC(F)(F)F)CC3)cc21. The van der Waals surface area contributed by atoms with Gasteiger partial charge in [0, 0.05) is 35.9 Å². The zero-order chi connectivity index (χ0) is 29.3. The van der Waals surface area contributed by atoms with Crippen LogP contribution < -0.4 is 10.6 Å². The first-order valence-corrected chi connectivity index (χ1v) is 15.7. The maximum Gasteiger partial charge on any atom is 0.389 e. The number of piperidine rings is 2. The molecule has 1 aromatic rings. The van der Waals surface area contributed by atoms with Crippen LogP contribution in [-0.4, -0.2) is 87.7 Å². The van der Waals surface area contributed by atoms with E-state index in [-0.39, 0.29) is 46.8 Å². The molecule has 2 N–H and O–H groups in total. The van der Waals surface area contributed by atoms with Gasteiger partial charge in [-0.2, -0.15) is 13.2 Å². The van der Waals surface area contributed by atoms with Crippen LogP contribution in [-0.2, 0) is 20.6 Å². The number of nitrogens with one attached hydrogen (secondary N) is 2. The van der Waals surface area contributed by atoms with Crippen molar-refractivity contribution >= 4 is 45.8 Å². The number of hydrogen-bond acceptors (Lipinski definition) is 6. The lowest BCUT2D eigenvalue weighted by Crippen LogP contribution is -2.51. The van der Waals surface area contributed by atoms with Crippen molar-refractivity contribution in [3.8, 4) is 0 Å². The molecule has 0 aromatic heterocycles. The van der Waals surface area contributed by atoms with E-state index in [0.717, 1.165) is 38.8 Å². The van der Waals surface area contributed by atoms with Crippen LogP contribution in [0.25, 0.3) is 0 Å². The average Bonchev–Trinajstić information content (AvgIpc) is 3.35. The number of hydrogen-bond donors (Lipinski definition) is 2. The summed E-state index contributed by atoms with van der Waals surface area (Å²) in [5, 5.41) is 9.74. The summed E-state index contributed by atoms with van der Waals surface area (Å²) in [6, 6.07) is 3.21. The second-order valence-electron chi connectivity index (χ2n) is 11.3. The normalized spacial score (nSPS) is 27.1. The topological polar surface area (TPSA) is 103 Å². The quantitative estimate of drug-likeness (QED) is 0.407. The van der Waals surface area contributed by atoms with Crippen LogP contribution in [0, 0.1) is 5.92 Å². The Morgan fingerprint density at radius 1 is 1.20 bits per heavy atom. The summed E-state index contributed by atoms with van der Waals surface area (Å²) in [6.07, 6.45) is 0.164. The molecule has 4 heterocycles. The van der Waals surface area contributed by atoms with Gasteiger partial charge in [0.05, 0.1) is 27.3 Å². The summed E-state index contributed by atoms with van der Waals surface area (Å²) in [7, 11) is 0.199. The third-order valence-electron chi connectivity index (χ3n) is 8.51. The number of likely N-dealkylation sites (tertiary alicyclic amines) is 1. The number of carbonyl (C=O) groups is 2. The molecule has 3 saturated heterocycles. The third-order valence-corrected chi connectivity index (χ3v) is 10.6. The fourth-order valence-corrected chi connectivity index (χ4v) is 8.75. The Morgan fingerprint density at radius 3 is 2.51 bits per heavy atom. The Kier molecular flexibility index (Phi) is 9.27. The van der Waals surface area contributed by atoms with Crippen molar-refractivity contribution in [1.29, 1.82) is 0 Å². The van der Waals surface area contributed by atoms with Crippen molar-refractivity contribution < 1.29 is 31.8 Å². The molecule has 3 fully saturated rings. The minimum absolute atomic E-state index is 0.0779. The molecule has 2 amide bonds. The number of fused-ring (bicyclic) bond motifs is 3. The van der Waals surface area contributed by atoms with E-state index in [1.54, 1.807) is 6.07 Å². The van der Waals surface area contributed by atoms with Crippen molar-refractivity contribution in [1.82, 2.24) is 14.5 Å². The van der Waals surface area contributed by atoms with Gasteiger partial charge in [-0.15, -0.1) is 0 Å². The summed E-state index contributed by atoms with van der Waals surface area (Å²) < 4.78 is 52.9. The number of anilines is 1. The van der Waals surface area contributed by atoms with Crippen LogP contribution in [0.2, 0.25) is 5.02 Å². The monoisotopic (exact) mass is 617 g/mol. The lowest BCUT2D eigenvalue weighted by molar-refractivity contribution is -0.136. The van der Waals surface area contributed by atoms with Crippen LogP contribution in [0.1, 0.15) is 67.3 Å². The third kappa shape index (κ3) is 7.06. The number of oxime groups is 1. The summed E-state index contributed by atoms with van der Waals surface area (Å²) in [4.78, 5) is 32.2. The van der Waals surface area contributed by atoms with Gasteiger partial charge in [0.25, 0.3) is 11.8 Å². The predicted octanol–water partition coefficient (Wildman–Crippen LogP) is 4.09. The highest BCUT2D eigenvalue weighted by Crippen LogP contribution is 2.38. The fourth-order valence-electron chi connectivity index (χ4n) is 6.55. The Bertz CT molecular complexity index is 1210.